The molecule has 2 aromatic rings. The van der Waals surface area contributed by atoms with Gasteiger partial charge in [-0.15, -0.1) is 0 Å². The van der Waals surface area contributed by atoms with Gasteiger partial charge in [-0.3, -0.25) is 0 Å². The molecule has 0 saturated heterocycles. The number of nitrogens with zero attached hydrogens (tertiary/aromatic N) is 2. The van der Waals surface area contributed by atoms with Gasteiger partial charge in [0.05, 0.1) is 27.4 Å². The standard InChI is InChI=1S/C20H28N4O3/c1-5-12-27-19-15(8-7-11-22-19)14-23-20(21-6-2)24-16-9-10-17(25-3)18(13-16)26-4/h7-11,13H,5-6,12,14H2,1-4H3,(H2,21,23,24). The number of pyridine rings is 1. The lowest BCUT2D eigenvalue weighted by atomic mass is 10.2. The number of benzene rings is 1. The fourth-order valence-electron chi connectivity index (χ4n) is 2.40. The maximum atomic E-state index is 5.70. The summed E-state index contributed by atoms with van der Waals surface area (Å²) >= 11 is 0. The predicted octanol–water partition coefficient (Wildman–Crippen LogP) is 3.47. The van der Waals surface area contributed by atoms with Gasteiger partial charge in [-0.2, -0.15) is 0 Å². The number of nitrogens with one attached hydrogen (secondary N) is 2. The Morgan fingerprint density at radius 2 is 1.93 bits per heavy atom. The highest BCUT2D eigenvalue weighted by Crippen LogP contribution is 2.29. The second-order valence-corrected chi connectivity index (χ2v) is 5.71. The van der Waals surface area contributed by atoms with E-state index in [9.17, 15) is 0 Å². The molecule has 7 heteroatoms. The van der Waals surface area contributed by atoms with Crippen molar-refractivity contribution in [2.75, 3.05) is 32.7 Å². The molecule has 0 aliphatic carbocycles. The Labute approximate surface area is 160 Å². The van der Waals surface area contributed by atoms with Gasteiger partial charge in [-0.25, -0.2) is 9.98 Å². The predicted molar refractivity (Wildman–Crippen MR) is 108 cm³/mol. The molecule has 0 amide bonds. The van der Waals surface area contributed by atoms with Crippen molar-refractivity contribution >= 4 is 11.6 Å². The summed E-state index contributed by atoms with van der Waals surface area (Å²) < 4.78 is 16.3. The summed E-state index contributed by atoms with van der Waals surface area (Å²) in [7, 11) is 3.23. The maximum Gasteiger partial charge on any atom is 0.218 e. The summed E-state index contributed by atoms with van der Waals surface area (Å²) in [6, 6.07) is 9.49. The summed E-state index contributed by atoms with van der Waals surface area (Å²) in [5.74, 6) is 2.62. The van der Waals surface area contributed by atoms with E-state index in [1.165, 1.54) is 0 Å². The Morgan fingerprint density at radius 3 is 2.63 bits per heavy atom. The Balaban J connectivity index is 2.15. The quantitative estimate of drug-likeness (QED) is 0.518. The first kappa shape index (κ1) is 20.4. The lowest BCUT2D eigenvalue weighted by Gasteiger charge is -2.14. The number of aromatic nitrogens is 1. The van der Waals surface area contributed by atoms with Crippen LogP contribution in [0.3, 0.4) is 0 Å². The summed E-state index contributed by atoms with van der Waals surface area (Å²) in [5, 5.41) is 6.52. The summed E-state index contributed by atoms with van der Waals surface area (Å²) in [6.45, 7) is 5.92. The summed E-state index contributed by atoms with van der Waals surface area (Å²) in [5.41, 5.74) is 1.79. The van der Waals surface area contributed by atoms with Crippen molar-refractivity contribution in [1.29, 1.82) is 0 Å². The zero-order valence-corrected chi connectivity index (χ0v) is 16.4. The largest absolute Gasteiger partial charge is 0.493 e. The number of guanidine groups is 1. The van der Waals surface area contributed by atoms with Gasteiger partial charge in [0.2, 0.25) is 5.88 Å². The SMILES string of the molecule is CCCOc1ncccc1CN=C(NCC)Nc1ccc(OC)c(OC)c1. The van der Waals surface area contributed by atoms with Crippen LogP contribution in [0.2, 0.25) is 0 Å². The Kier molecular flexibility index (Phi) is 8.22. The number of hydrogen-bond acceptors (Lipinski definition) is 5. The van der Waals surface area contributed by atoms with Crippen molar-refractivity contribution in [1.82, 2.24) is 10.3 Å². The van der Waals surface area contributed by atoms with E-state index in [1.807, 2.05) is 37.3 Å². The topological polar surface area (TPSA) is 77.0 Å². The van der Waals surface area contributed by atoms with Gasteiger partial charge in [-0.1, -0.05) is 13.0 Å². The number of hydrogen-bond donors (Lipinski definition) is 2. The van der Waals surface area contributed by atoms with E-state index in [2.05, 4.69) is 27.5 Å². The molecule has 1 aromatic carbocycles. The Hall–Kier alpha value is -2.96. The lowest BCUT2D eigenvalue weighted by molar-refractivity contribution is 0.302. The van der Waals surface area contributed by atoms with Gasteiger partial charge in [0, 0.05) is 30.1 Å². The molecule has 0 aliphatic heterocycles. The second-order valence-electron chi connectivity index (χ2n) is 5.71. The Bertz CT molecular complexity index is 750. The average Bonchev–Trinajstić information content (AvgIpc) is 2.71. The molecular weight excluding hydrogens is 344 g/mol. The first-order chi connectivity index (χ1) is 13.2. The van der Waals surface area contributed by atoms with Gasteiger partial charge in [0.15, 0.2) is 17.5 Å². The fraction of sp³-hybridized carbons (Fsp3) is 0.400. The molecule has 1 heterocycles. The minimum atomic E-state index is 0.454. The van der Waals surface area contributed by atoms with E-state index in [1.54, 1.807) is 20.4 Å². The normalized spacial score (nSPS) is 11.0. The summed E-state index contributed by atoms with van der Waals surface area (Å²) in [6.07, 6.45) is 2.66. The van der Waals surface area contributed by atoms with Gasteiger partial charge in [0.25, 0.3) is 0 Å². The highest BCUT2D eigenvalue weighted by molar-refractivity contribution is 5.93. The van der Waals surface area contributed by atoms with Gasteiger partial charge < -0.3 is 24.8 Å². The average molecular weight is 372 g/mol. The molecule has 146 valence electrons. The zero-order chi connectivity index (χ0) is 19.5. The molecule has 2 N–H and O–H groups in total. The maximum absolute atomic E-state index is 5.70. The molecule has 2 rings (SSSR count). The highest BCUT2D eigenvalue weighted by Gasteiger charge is 2.08. The van der Waals surface area contributed by atoms with Crippen LogP contribution < -0.4 is 24.8 Å². The molecule has 0 atom stereocenters. The van der Waals surface area contributed by atoms with Crippen molar-refractivity contribution in [2.45, 2.75) is 26.8 Å². The van der Waals surface area contributed by atoms with E-state index >= 15 is 0 Å². The van der Waals surface area contributed by atoms with Crippen LogP contribution in [0.4, 0.5) is 5.69 Å². The molecule has 0 unspecified atom stereocenters. The Morgan fingerprint density at radius 1 is 1.11 bits per heavy atom. The molecule has 0 saturated carbocycles. The van der Waals surface area contributed by atoms with Crippen LogP contribution in [0.25, 0.3) is 0 Å². The first-order valence-corrected chi connectivity index (χ1v) is 9.05. The number of aliphatic imine (C=N–C) groups is 1. The minimum absolute atomic E-state index is 0.454. The molecule has 0 spiro atoms. The van der Waals surface area contributed by atoms with Crippen LogP contribution in [0.5, 0.6) is 17.4 Å². The third kappa shape index (κ3) is 6.06. The molecule has 0 bridgehead atoms. The molecular formula is C20H28N4O3. The van der Waals surface area contributed by atoms with Crippen LogP contribution in [0.1, 0.15) is 25.8 Å². The molecule has 27 heavy (non-hydrogen) atoms. The van der Waals surface area contributed by atoms with E-state index in [0.717, 1.165) is 24.2 Å². The number of rotatable bonds is 9. The van der Waals surface area contributed by atoms with Crippen LogP contribution in [-0.2, 0) is 6.54 Å². The molecule has 0 aliphatic rings. The van der Waals surface area contributed by atoms with E-state index in [4.69, 9.17) is 14.2 Å². The number of anilines is 1. The highest BCUT2D eigenvalue weighted by atomic mass is 16.5. The fourth-order valence-corrected chi connectivity index (χ4v) is 2.40. The third-order valence-corrected chi connectivity index (χ3v) is 3.69. The van der Waals surface area contributed by atoms with Crippen molar-refractivity contribution in [2.24, 2.45) is 4.99 Å². The molecule has 0 radical (unpaired) electrons. The summed E-state index contributed by atoms with van der Waals surface area (Å²) in [4.78, 5) is 8.95. The zero-order valence-electron chi connectivity index (χ0n) is 16.4. The number of methoxy groups -OCH3 is 2. The first-order valence-electron chi connectivity index (χ1n) is 9.05. The number of ether oxygens (including phenoxy) is 3. The lowest BCUT2D eigenvalue weighted by Crippen LogP contribution is -2.30. The van der Waals surface area contributed by atoms with Gasteiger partial charge >= 0.3 is 0 Å². The van der Waals surface area contributed by atoms with E-state index < -0.39 is 0 Å². The molecule has 7 nitrogen and oxygen atoms in total. The second kappa shape index (κ2) is 10.9. The smallest absolute Gasteiger partial charge is 0.218 e. The van der Waals surface area contributed by atoms with Crippen molar-refractivity contribution in [3.63, 3.8) is 0 Å². The van der Waals surface area contributed by atoms with Gasteiger partial charge in [-0.05, 0) is 31.5 Å². The van der Waals surface area contributed by atoms with Crippen LogP contribution >= 0.6 is 0 Å². The van der Waals surface area contributed by atoms with Crippen LogP contribution in [0, 0.1) is 0 Å². The van der Waals surface area contributed by atoms with Crippen molar-refractivity contribution < 1.29 is 14.2 Å². The van der Waals surface area contributed by atoms with E-state index in [0.29, 0.717) is 36.5 Å². The van der Waals surface area contributed by atoms with Crippen LogP contribution in [-0.4, -0.2) is 38.3 Å². The molecule has 1 aromatic heterocycles. The van der Waals surface area contributed by atoms with Crippen molar-refractivity contribution in [3.8, 4) is 17.4 Å². The molecule has 0 fully saturated rings. The van der Waals surface area contributed by atoms with Crippen LogP contribution in [0.15, 0.2) is 41.5 Å². The van der Waals surface area contributed by atoms with Crippen molar-refractivity contribution in [3.05, 3.63) is 42.1 Å². The monoisotopic (exact) mass is 372 g/mol. The third-order valence-electron chi connectivity index (χ3n) is 3.69. The minimum Gasteiger partial charge on any atom is -0.493 e. The van der Waals surface area contributed by atoms with E-state index in [-0.39, 0.29) is 0 Å². The van der Waals surface area contributed by atoms with Gasteiger partial charge in [0.1, 0.15) is 0 Å².